The molecule has 0 spiro atoms. The van der Waals surface area contributed by atoms with Crippen LogP contribution >= 0.6 is 12.2 Å². The van der Waals surface area contributed by atoms with Gasteiger partial charge in [-0.1, -0.05) is 12.1 Å². The molecule has 1 aliphatic heterocycles. The largest absolute Gasteiger partial charge is 0.384 e. The molecule has 0 bridgehead atoms. The van der Waals surface area contributed by atoms with Crippen LogP contribution in [0, 0.1) is 21.9 Å². The van der Waals surface area contributed by atoms with Crippen molar-refractivity contribution >= 4 is 18.0 Å². The molecule has 6 nitrogen and oxygen atoms in total. The van der Waals surface area contributed by atoms with Crippen molar-refractivity contribution in [1.29, 1.82) is 5.26 Å². The summed E-state index contributed by atoms with van der Waals surface area (Å²) < 4.78 is 16.8. The lowest BCUT2D eigenvalue weighted by molar-refractivity contribution is 0.141. The molecule has 1 aromatic carbocycles. The molecule has 0 atom stereocenters. The number of nitriles is 1. The molecule has 0 unspecified atom stereocenters. The molecule has 0 aliphatic carbocycles. The van der Waals surface area contributed by atoms with Crippen LogP contribution < -0.4 is 11.2 Å². The Morgan fingerprint density at radius 2 is 1.92 bits per heavy atom. The number of nitrogen functional groups attached to an aromatic ring is 1. The fourth-order valence-corrected chi connectivity index (χ4v) is 3.09. The molecule has 0 amide bonds. The van der Waals surface area contributed by atoms with Crippen LogP contribution in [0.15, 0.2) is 29.3 Å². The number of nitrogens with two attached hydrogens (primary N) is 1. The van der Waals surface area contributed by atoms with E-state index in [1.54, 1.807) is 35.4 Å². The van der Waals surface area contributed by atoms with Crippen LogP contribution in [-0.2, 0) is 20.6 Å². The number of hydrogen-bond acceptors (Lipinski definition) is 5. The minimum atomic E-state index is -0.230. The van der Waals surface area contributed by atoms with Crippen LogP contribution in [0.4, 0.5) is 10.2 Å². The third-order valence-corrected chi connectivity index (χ3v) is 4.95. The van der Waals surface area contributed by atoms with E-state index in [1.807, 2.05) is 0 Å². The van der Waals surface area contributed by atoms with E-state index >= 15 is 0 Å². The zero-order chi connectivity index (χ0) is 18.1. The fourth-order valence-electron chi connectivity index (χ4n) is 2.90. The number of anilines is 1. The molecule has 2 heterocycles. The van der Waals surface area contributed by atoms with Crippen molar-refractivity contribution in [2.45, 2.75) is 12.6 Å². The number of rotatable bonds is 3. The highest BCUT2D eigenvalue weighted by atomic mass is 32.1. The lowest BCUT2D eigenvalue weighted by Crippen LogP contribution is -2.50. The normalized spacial score (nSPS) is 15.8. The Kier molecular flexibility index (Phi) is 4.70. The smallest absolute Gasteiger partial charge is 0.182 e. The SMILES string of the molecule is Cn1c(N)c(C#N)c(=NC2CN(Cc3ccc(F)cc3)C2)n(C)c1=S. The molecule has 8 heteroatoms. The summed E-state index contributed by atoms with van der Waals surface area (Å²) in [5.41, 5.74) is 7.93. The molecule has 1 saturated heterocycles. The molecule has 0 saturated carbocycles. The summed E-state index contributed by atoms with van der Waals surface area (Å²) in [7, 11) is 3.52. The highest BCUT2D eigenvalue weighted by Gasteiger charge is 2.26. The molecule has 25 heavy (non-hydrogen) atoms. The van der Waals surface area contributed by atoms with Crippen LogP contribution in [0.25, 0.3) is 0 Å². The minimum absolute atomic E-state index is 0.0836. The first-order valence-corrected chi connectivity index (χ1v) is 8.27. The van der Waals surface area contributed by atoms with Crippen molar-refractivity contribution in [3.8, 4) is 6.07 Å². The van der Waals surface area contributed by atoms with Crippen molar-refractivity contribution in [2.75, 3.05) is 18.8 Å². The highest BCUT2D eigenvalue weighted by Crippen LogP contribution is 2.16. The highest BCUT2D eigenvalue weighted by molar-refractivity contribution is 7.71. The maximum absolute atomic E-state index is 12.9. The van der Waals surface area contributed by atoms with E-state index < -0.39 is 0 Å². The van der Waals surface area contributed by atoms with E-state index in [-0.39, 0.29) is 11.9 Å². The van der Waals surface area contributed by atoms with Crippen molar-refractivity contribution in [2.24, 2.45) is 19.1 Å². The quantitative estimate of drug-likeness (QED) is 0.843. The second-order valence-corrected chi connectivity index (χ2v) is 6.56. The van der Waals surface area contributed by atoms with Crippen LogP contribution in [0.2, 0.25) is 0 Å². The maximum atomic E-state index is 12.9. The van der Waals surface area contributed by atoms with Gasteiger partial charge in [-0.3, -0.25) is 9.89 Å². The molecule has 1 fully saturated rings. The Balaban J connectivity index is 1.79. The van der Waals surface area contributed by atoms with Crippen LogP contribution in [0.5, 0.6) is 0 Å². The van der Waals surface area contributed by atoms with Gasteiger partial charge in [0.15, 0.2) is 10.3 Å². The second kappa shape index (κ2) is 6.78. The van der Waals surface area contributed by atoms with Crippen molar-refractivity contribution in [3.05, 3.63) is 51.5 Å². The van der Waals surface area contributed by atoms with Gasteiger partial charge in [-0.2, -0.15) is 5.26 Å². The van der Waals surface area contributed by atoms with Gasteiger partial charge in [0, 0.05) is 33.7 Å². The summed E-state index contributed by atoms with van der Waals surface area (Å²) >= 11 is 5.34. The maximum Gasteiger partial charge on any atom is 0.182 e. The topological polar surface area (TPSA) is 75.3 Å². The minimum Gasteiger partial charge on any atom is -0.384 e. The van der Waals surface area contributed by atoms with E-state index in [4.69, 9.17) is 18.0 Å². The standard InChI is InChI=1S/C17H19FN6S/c1-22-15(20)14(7-19)16(23(2)17(22)25)21-13-9-24(10-13)8-11-3-5-12(18)6-4-11/h3-6,13H,8-10,20H2,1-2H3. The van der Waals surface area contributed by atoms with Gasteiger partial charge in [0.2, 0.25) is 0 Å². The van der Waals surface area contributed by atoms with Gasteiger partial charge >= 0.3 is 0 Å². The van der Waals surface area contributed by atoms with Gasteiger partial charge in [-0.15, -0.1) is 0 Å². The monoisotopic (exact) mass is 358 g/mol. The van der Waals surface area contributed by atoms with Gasteiger partial charge in [0.1, 0.15) is 23.3 Å². The zero-order valence-electron chi connectivity index (χ0n) is 14.1. The third-order valence-electron chi connectivity index (χ3n) is 4.41. The number of likely N-dealkylation sites (tertiary alicyclic amines) is 1. The lowest BCUT2D eigenvalue weighted by Gasteiger charge is -2.36. The molecular weight excluding hydrogens is 339 g/mol. The van der Waals surface area contributed by atoms with Crippen molar-refractivity contribution in [1.82, 2.24) is 14.0 Å². The lowest BCUT2D eigenvalue weighted by atomic mass is 10.1. The Labute approximate surface area is 150 Å². The third kappa shape index (κ3) is 3.34. The number of halogens is 1. The summed E-state index contributed by atoms with van der Waals surface area (Å²) in [5, 5.41) is 9.42. The molecule has 3 rings (SSSR count). The number of nitrogens with zero attached hydrogens (tertiary/aromatic N) is 5. The molecule has 2 N–H and O–H groups in total. The van der Waals surface area contributed by atoms with E-state index in [1.165, 1.54) is 12.1 Å². The zero-order valence-corrected chi connectivity index (χ0v) is 14.9. The first kappa shape index (κ1) is 17.3. The summed E-state index contributed by atoms with van der Waals surface area (Å²) in [6.07, 6.45) is 0. The summed E-state index contributed by atoms with van der Waals surface area (Å²) in [5.74, 6) is 0.0955. The molecule has 2 aromatic rings. The first-order valence-electron chi connectivity index (χ1n) is 7.87. The van der Waals surface area contributed by atoms with Crippen LogP contribution in [0.1, 0.15) is 11.1 Å². The molecule has 1 aliphatic rings. The molecule has 130 valence electrons. The Morgan fingerprint density at radius 3 is 2.52 bits per heavy atom. The predicted molar refractivity (Wildman–Crippen MR) is 95.4 cm³/mol. The van der Waals surface area contributed by atoms with Gasteiger partial charge in [-0.05, 0) is 29.9 Å². The van der Waals surface area contributed by atoms with E-state index in [0.717, 1.165) is 25.2 Å². The Morgan fingerprint density at radius 1 is 1.28 bits per heavy atom. The number of hydrogen-bond donors (Lipinski definition) is 1. The average molecular weight is 358 g/mol. The molecule has 1 aromatic heterocycles. The van der Waals surface area contributed by atoms with Crippen molar-refractivity contribution in [3.63, 3.8) is 0 Å². The number of aromatic nitrogens is 2. The molecule has 0 radical (unpaired) electrons. The van der Waals surface area contributed by atoms with Gasteiger partial charge in [0.25, 0.3) is 0 Å². The summed E-state index contributed by atoms with van der Waals surface area (Å²) in [6, 6.07) is 8.72. The number of benzene rings is 1. The fraction of sp³-hybridized carbons (Fsp3) is 0.353. The van der Waals surface area contributed by atoms with Gasteiger partial charge < -0.3 is 14.9 Å². The van der Waals surface area contributed by atoms with E-state index in [0.29, 0.717) is 21.6 Å². The van der Waals surface area contributed by atoms with Gasteiger partial charge in [-0.25, -0.2) is 4.39 Å². The summed E-state index contributed by atoms with van der Waals surface area (Å²) in [4.78, 5) is 6.90. The average Bonchev–Trinajstić information content (AvgIpc) is 2.57. The van der Waals surface area contributed by atoms with E-state index in [2.05, 4.69) is 16.0 Å². The van der Waals surface area contributed by atoms with Crippen LogP contribution in [0.3, 0.4) is 0 Å². The Bertz CT molecular complexity index is 961. The summed E-state index contributed by atoms with van der Waals surface area (Å²) in [6.45, 7) is 2.30. The second-order valence-electron chi connectivity index (χ2n) is 6.20. The van der Waals surface area contributed by atoms with E-state index in [9.17, 15) is 9.65 Å². The molecular formula is C17H19FN6S. The first-order chi connectivity index (χ1) is 11.9. The van der Waals surface area contributed by atoms with Crippen molar-refractivity contribution < 1.29 is 4.39 Å². The van der Waals surface area contributed by atoms with Gasteiger partial charge in [0.05, 0.1) is 6.04 Å². The predicted octanol–water partition coefficient (Wildman–Crippen LogP) is 1.47. The Hall–Kier alpha value is -2.50. The van der Waals surface area contributed by atoms with Crippen LogP contribution in [-0.4, -0.2) is 33.2 Å².